The van der Waals surface area contributed by atoms with Crippen LogP contribution in [-0.4, -0.2) is 21.9 Å². The summed E-state index contributed by atoms with van der Waals surface area (Å²) in [6.07, 6.45) is 4.02. The molecule has 3 aromatic carbocycles. The van der Waals surface area contributed by atoms with E-state index < -0.39 is 0 Å². The van der Waals surface area contributed by atoms with E-state index in [1.165, 1.54) is 11.8 Å². The summed E-state index contributed by atoms with van der Waals surface area (Å²) in [5, 5.41) is 1.80. The maximum absolute atomic E-state index is 13.2. The molecule has 0 aliphatic carbocycles. The molecule has 0 N–H and O–H groups in total. The molecule has 7 heteroatoms. The van der Waals surface area contributed by atoms with E-state index in [2.05, 4.69) is 22.9 Å². The van der Waals surface area contributed by atoms with Gasteiger partial charge in [0.2, 0.25) is 0 Å². The van der Waals surface area contributed by atoms with Crippen molar-refractivity contribution in [3.8, 4) is 5.75 Å². The van der Waals surface area contributed by atoms with E-state index in [1.807, 2.05) is 66.7 Å². The summed E-state index contributed by atoms with van der Waals surface area (Å²) >= 11 is 12.9. The van der Waals surface area contributed by atoms with Crippen LogP contribution in [0.15, 0.2) is 83.9 Å². The van der Waals surface area contributed by atoms with Gasteiger partial charge in [-0.05, 0) is 54.1 Å². The summed E-state index contributed by atoms with van der Waals surface area (Å²) in [5.74, 6) is 0.609. The molecule has 1 saturated heterocycles. The number of amides is 1. The molecule has 5 rings (SSSR count). The van der Waals surface area contributed by atoms with Crippen molar-refractivity contribution in [1.29, 1.82) is 0 Å². The number of halogens is 1. The molecule has 0 bridgehead atoms. The number of hydrogen-bond acceptors (Lipinski definition) is 4. The third-order valence-electron chi connectivity index (χ3n) is 5.50. The SMILES string of the molecule is COc1ccc(N2C(=O)/C(=C\c3cn(Cc4ccc(Cl)cc4)c4ccccc34)SC2=S)cc1. The highest BCUT2D eigenvalue weighted by Gasteiger charge is 2.33. The average Bonchev–Trinajstić information content (AvgIpc) is 3.32. The van der Waals surface area contributed by atoms with Gasteiger partial charge in [0.25, 0.3) is 5.91 Å². The third kappa shape index (κ3) is 4.29. The van der Waals surface area contributed by atoms with Crippen molar-refractivity contribution < 1.29 is 9.53 Å². The van der Waals surface area contributed by atoms with Crippen molar-refractivity contribution in [2.45, 2.75) is 6.54 Å². The predicted molar refractivity (Wildman–Crippen MR) is 141 cm³/mol. The number of rotatable bonds is 5. The number of anilines is 1. The van der Waals surface area contributed by atoms with Crippen molar-refractivity contribution in [3.63, 3.8) is 0 Å². The molecule has 164 valence electrons. The first kappa shape index (κ1) is 21.8. The molecule has 4 nitrogen and oxygen atoms in total. The van der Waals surface area contributed by atoms with Gasteiger partial charge in [-0.15, -0.1) is 0 Å². The summed E-state index contributed by atoms with van der Waals surface area (Å²) in [6, 6.07) is 23.4. The Kier molecular flexibility index (Phi) is 5.98. The molecule has 1 aliphatic heterocycles. The number of carbonyl (C=O) groups is 1. The molecule has 2 heterocycles. The highest BCUT2D eigenvalue weighted by molar-refractivity contribution is 8.27. The standard InChI is InChI=1S/C26H19ClN2O2S2/c1-31-21-12-10-20(11-13-21)29-25(30)24(33-26(29)32)14-18-16-28(23-5-3-2-4-22(18)23)15-17-6-8-19(27)9-7-17/h2-14,16H,15H2,1H3/b24-14+. The van der Waals surface area contributed by atoms with Crippen molar-refractivity contribution in [2.75, 3.05) is 12.0 Å². The first-order valence-corrected chi connectivity index (χ1v) is 11.9. The number of ether oxygens (including phenoxy) is 1. The second-order valence-electron chi connectivity index (χ2n) is 7.57. The number of para-hydroxylation sites is 1. The zero-order valence-corrected chi connectivity index (χ0v) is 20.1. The van der Waals surface area contributed by atoms with Crippen molar-refractivity contribution in [1.82, 2.24) is 4.57 Å². The molecule has 4 aromatic rings. The Labute approximate surface area is 206 Å². The molecule has 33 heavy (non-hydrogen) atoms. The summed E-state index contributed by atoms with van der Waals surface area (Å²) in [4.78, 5) is 15.4. The lowest BCUT2D eigenvalue weighted by Crippen LogP contribution is -2.27. The summed E-state index contributed by atoms with van der Waals surface area (Å²) in [6.45, 7) is 0.707. The topological polar surface area (TPSA) is 34.5 Å². The minimum Gasteiger partial charge on any atom is -0.497 e. The number of nitrogens with zero attached hydrogens (tertiary/aromatic N) is 2. The minimum absolute atomic E-state index is 0.121. The predicted octanol–water partition coefficient (Wildman–Crippen LogP) is 6.76. The van der Waals surface area contributed by atoms with E-state index in [0.29, 0.717) is 15.8 Å². The summed E-state index contributed by atoms with van der Waals surface area (Å²) in [5.41, 5.74) is 3.96. The lowest BCUT2D eigenvalue weighted by atomic mass is 10.1. The van der Waals surface area contributed by atoms with E-state index in [0.717, 1.165) is 38.5 Å². The van der Waals surface area contributed by atoms with Crippen LogP contribution < -0.4 is 9.64 Å². The van der Waals surface area contributed by atoms with Gasteiger partial charge in [0.05, 0.1) is 17.7 Å². The van der Waals surface area contributed by atoms with Crippen molar-refractivity contribution >= 4 is 68.5 Å². The van der Waals surface area contributed by atoms with Crippen LogP contribution in [0.4, 0.5) is 5.69 Å². The normalized spacial score (nSPS) is 15.1. The molecule has 0 atom stereocenters. The quantitative estimate of drug-likeness (QED) is 0.229. The van der Waals surface area contributed by atoms with Crippen LogP contribution in [0.5, 0.6) is 5.75 Å². The molecular formula is C26H19ClN2O2S2. The Hall–Kier alpha value is -3.06. The monoisotopic (exact) mass is 490 g/mol. The fourth-order valence-corrected chi connectivity index (χ4v) is 5.29. The number of benzene rings is 3. The van der Waals surface area contributed by atoms with Crippen LogP contribution in [0.1, 0.15) is 11.1 Å². The zero-order chi connectivity index (χ0) is 22.9. The van der Waals surface area contributed by atoms with Crippen LogP contribution >= 0.6 is 35.6 Å². The number of thioether (sulfide) groups is 1. The highest BCUT2D eigenvalue weighted by Crippen LogP contribution is 2.37. The number of thiocarbonyl (C=S) groups is 1. The summed E-state index contributed by atoms with van der Waals surface area (Å²) < 4.78 is 7.92. The van der Waals surface area contributed by atoms with Gasteiger partial charge in [0, 0.05) is 34.2 Å². The van der Waals surface area contributed by atoms with E-state index in [9.17, 15) is 4.79 Å². The van der Waals surface area contributed by atoms with Crippen LogP contribution in [0, 0.1) is 0 Å². The van der Waals surface area contributed by atoms with Crippen molar-refractivity contribution in [2.24, 2.45) is 0 Å². The van der Waals surface area contributed by atoms with Crippen LogP contribution in [0.2, 0.25) is 5.02 Å². The number of hydrogen-bond donors (Lipinski definition) is 0. The Morgan fingerprint density at radius 2 is 1.76 bits per heavy atom. The number of carbonyl (C=O) groups excluding carboxylic acids is 1. The van der Waals surface area contributed by atoms with Gasteiger partial charge in [-0.3, -0.25) is 9.69 Å². The van der Waals surface area contributed by atoms with Gasteiger partial charge in [-0.1, -0.05) is 65.9 Å². The smallest absolute Gasteiger partial charge is 0.270 e. The van der Waals surface area contributed by atoms with E-state index in [1.54, 1.807) is 12.0 Å². The first-order valence-electron chi connectivity index (χ1n) is 10.3. The minimum atomic E-state index is -0.121. The Balaban J connectivity index is 1.49. The maximum atomic E-state index is 13.2. The van der Waals surface area contributed by atoms with Gasteiger partial charge < -0.3 is 9.30 Å². The summed E-state index contributed by atoms with van der Waals surface area (Å²) in [7, 11) is 1.61. The van der Waals surface area contributed by atoms with Crippen LogP contribution in [-0.2, 0) is 11.3 Å². The van der Waals surface area contributed by atoms with Crippen LogP contribution in [0.3, 0.4) is 0 Å². The molecule has 0 unspecified atom stereocenters. The van der Waals surface area contributed by atoms with Gasteiger partial charge in [-0.25, -0.2) is 0 Å². The second kappa shape index (κ2) is 9.06. The molecule has 0 saturated carbocycles. The second-order valence-corrected chi connectivity index (χ2v) is 9.68. The molecule has 1 amide bonds. The average molecular weight is 491 g/mol. The lowest BCUT2D eigenvalue weighted by Gasteiger charge is -2.14. The van der Waals surface area contributed by atoms with Crippen LogP contribution in [0.25, 0.3) is 17.0 Å². The first-order chi connectivity index (χ1) is 16.0. The molecule has 1 fully saturated rings. The Morgan fingerprint density at radius 1 is 1.03 bits per heavy atom. The van der Waals surface area contributed by atoms with E-state index in [-0.39, 0.29) is 5.91 Å². The largest absolute Gasteiger partial charge is 0.497 e. The maximum Gasteiger partial charge on any atom is 0.270 e. The zero-order valence-electron chi connectivity index (χ0n) is 17.7. The van der Waals surface area contributed by atoms with E-state index in [4.69, 9.17) is 28.6 Å². The molecular weight excluding hydrogens is 472 g/mol. The molecule has 0 radical (unpaired) electrons. The Bertz CT molecular complexity index is 1390. The molecule has 1 aromatic heterocycles. The van der Waals surface area contributed by atoms with Gasteiger partial charge in [0.15, 0.2) is 4.32 Å². The van der Waals surface area contributed by atoms with Gasteiger partial charge in [-0.2, -0.15) is 0 Å². The molecule has 1 aliphatic rings. The highest BCUT2D eigenvalue weighted by atomic mass is 35.5. The number of methoxy groups -OCH3 is 1. The van der Waals surface area contributed by atoms with E-state index >= 15 is 0 Å². The Morgan fingerprint density at radius 3 is 2.48 bits per heavy atom. The van der Waals surface area contributed by atoms with Gasteiger partial charge in [0.1, 0.15) is 5.75 Å². The fourth-order valence-electron chi connectivity index (χ4n) is 3.87. The molecule has 0 spiro atoms. The fraction of sp³-hybridized carbons (Fsp3) is 0.0769. The number of fused-ring (bicyclic) bond motifs is 1. The van der Waals surface area contributed by atoms with Crippen molar-refractivity contribution in [3.05, 3.63) is 100 Å². The number of aromatic nitrogens is 1. The van der Waals surface area contributed by atoms with Gasteiger partial charge >= 0.3 is 0 Å². The lowest BCUT2D eigenvalue weighted by molar-refractivity contribution is -0.113. The third-order valence-corrected chi connectivity index (χ3v) is 7.05.